The number of carbonyl (C=O) groups is 1. The molecule has 0 bridgehead atoms. The zero-order chi connectivity index (χ0) is 16.1. The van der Waals surface area contributed by atoms with Gasteiger partial charge in [-0.15, -0.1) is 0 Å². The Morgan fingerprint density at radius 1 is 1.27 bits per heavy atom. The third kappa shape index (κ3) is 4.66. The van der Waals surface area contributed by atoms with Crippen molar-refractivity contribution in [2.45, 2.75) is 52.6 Å². The summed E-state index contributed by atoms with van der Waals surface area (Å²) in [7, 11) is 0. The molecule has 0 aliphatic carbocycles. The fraction of sp³-hybridized carbons (Fsp3) is 0.688. The van der Waals surface area contributed by atoms with Crippen LogP contribution in [0.1, 0.15) is 40.5 Å². The average Bonchev–Trinajstić information content (AvgIpc) is 2.47. The van der Waals surface area contributed by atoms with Gasteiger partial charge < -0.3 is 15.5 Å². The number of nitrogens with one attached hydrogen (secondary N) is 2. The summed E-state index contributed by atoms with van der Waals surface area (Å²) in [6, 6.07) is 2.54. The maximum absolute atomic E-state index is 12.4. The van der Waals surface area contributed by atoms with Gasteiger partial charge in [-0.3, -0.25) is 4.79 Å². The summed E-state index contributed by atoms with van der Waals surface area (Å²) in [4.78, 5) is 23.3. The second kappa shape index (κ2) is 7.54. The van der Waals surface area contributed by atoms with E-state index in [1.165, 1.54) is 0 Å². The number of likely N-dealkylation sites (tertiary alicyclic amines) is 1. The Bertz CT molecular complexity index is 495. The highest BCUT2D eigenvalue weighted by Crippen LogP contribution is 2.20. The van der Waals surface area contributed by atoms with Gasteiger partial charge >= 0.3 is 0 Å². The van der Waals surface area contributed by atoms with Gasteiger partial charge in [0, 0.05) is 24.2 Å². The maximum Gasteiger partial charge on any atom is 0.228 e. The summed E-state index contributed by atoms with van der Waals surface area (Å²) in [6.45, 7) is 10.4. The molecule has 1 saturated heterocycles. The van der Waals surface area contributed by atoms with E-state index in [0.717, 1.165) is 25.9 Å². The van der Waals surface area contributed by atoms with Gasteiger partial charge in [-0.1, -0.05) is 0 Å². The van der Waals surface area contributed by atoms with Crippen molar-refractivity contribution >= 4 is 17.7 Å². The summed E-state index contributed by atoms with van der Waals surface area (Å²) in [6.07, 6.45) is 3.48. The van der Waals surface area contributed by atoms with Crippen molar-refractivity contribution in [2.75, 3.05) is 23.7 Å². The van der Waals surface area contributed by atoms with Crippen LogP contribution in [0, 0.1) is 5.92 Å². The van der Waals surface area contributed by atoms with Crippen LogP contribution < -0.4 is 10.6 Å². The van der Waals surface area contributed by atoms with Crippen molar-refractivity contribution in [1.29, 1.82) is 0 Å². The van der Waals surface area contributed by atoms with Crippen LogP contribution in [0.2, 0.25) is 0 Å². The Morgan fingerprint density at radius 3 is 2.55 bits per heavy atom. The molecule has 6 nitrogen and oxygen atoms in total. The van der Waals surface area contributed by atoms with Crippen molar-refractivity contribution in [2.24, 2.45) is 5.92 Å². The Labute approximate surface area is 132 Å². The second-order valence-electron chi connectivity index (χ2n) is 6.46. The SMILES string of the molecule is CC(C)Nc1nccc(NC(=O)C2CCN(C(C)C)CC2)n1. The maximum atomic E-state index is 12.4. The van der Waals surface area contributed by atoms with Crippen LogP contribution in [0.3, 0.4) is 0 Å². The predicted molar refractivity (Wildman–Crippen MR) is 88.9 cm³/mol. The standard InChI is InChI=1S/C16H27N5O/c1-11(2)18-16-17-8-5-14(20-16)19-15(22)13-6-9-21(10-7-13)12(3)4/h5,8,11-13H,6-7,9-10H2,1-4H3,(H2,17,18,19,20,22). The molecule has 2 N–H and O–H groups in total. The van der Waals surface area contributed by atoms with E-state index in [0.29, 0.717) is 17.8 Å². The van der Waals surface area contributed by atoms with Gasteiger partial charge in [0.25, 0.3) is 0 Å². The minimum Gasteiger partial charge on any atom is -0.352 e. The number of nitrogens with zero attached hydrogens (tertiary/aromatic N) is 3. The van der Waals surface area contributed by atoms with Gasteiger partial charge in [0.15, 0.2) is 0 Å². The molecule has 1 aliphatic heterocycles. The van der Waals surface area contributed by atoms with Crippen LogP contribution in [-0.2, 0) is 4.79 Å². The van der Waals surface area contributed by atoms with E-state index >= 15 is 0 Å². The van der Waals surface area contributed by atoms with Gasteiger partial charge in [0.1, 0.15) is 5.82 Å². The predicted octanol–water partition coefficient (Wildman–Crippen LogP) is 2.36. The Balaban J connectivity index is 1.90. The summed E-state index contributed by atoms with van der Waals surface area (Å²) >= 11 is 0. The Hall–Kier alpha value is -1.69. The minimum atomic E-state index is 0.0672. The molecule has 1 amide bonds. The van der Waals surface area contributed by atoms with Crippen LogP contribution in [0.15, 0.2) is 12.3 Å². The molecule has 22 heavy (non-hydrogen) atoms. The molecule has 0 unspecified atom stereocenters. The lowest BCUT2D eigenvalue weighted by atomic mass is 9.95. The highest BCUT2D eigenvalue weighted by molar-refractivity contribution is 5.91. The average molecular weight is 305 g/mol. The molecule has 0 radical (unpaired) electrons. The van der Waals surface area contributed by atoms with Crippen molar-refractivity contribution in [3.05, 3.63) is 12.3 Å². The molecule has 2 rings (SSSR count). The van der Waals surface area contributed by atoms with Crippen LogP contribution in [0.4, 0.5) is 11.8 Å². The highest BCUT2D eigenvalue weighted by Gasteiger charge is 2.26. The summed E-state index contributed by atoms with van der Waals surface area (Å²) in [5, 5.41) is 6.06. The topological polar surface area (TPSA) is 70.2 Å². The molecular weight excluding hydrogens is 278 g/mol. The van der Waals surface area contributed by atoms with E-state index in [-0.39, 0.29) is 17.9 Å². The first-order valence-electron chi connectivity index (χ1n) is 8.10. The monoisotopic (exact) mass is 305 g/mol. The number of aromatic nitrogens is 2. The van der Waals surface area contributed by atoms with E-state index in [9.17, 15) is 4.79 Å². The smallest absolute Gasteiger partial charge is 0.228 e. The number of hydrogen-bond donors (Lipinski definition) is 2. The van der Waals surface area contributed by atoms with E-state index in [4.69, 9.17) is 0 Å². The van der Waals surface area contributed by atoms with Gasteiger partial charge in [-0.2, -0.15) is 4.98 Å². The number of piperidine rings is 1. The van der Waals surface area contributed by atoms with Gasteiger partial charge in [-0.25, -0.2) is 4.98 Å². The van der Waals surface area contributed by atoms with Crippen LogP contribution in [-0.4, -0.2) is 45.9 Å². The summed E-state index contributed by atoms with van der Waals surface area (Å²) in [5.74, 6) is 1.25. The van der Waals surface area contributed by atoms with Gasteiger partial charge in [0.2, 0.25) is 11.9 Å². The molecule has 1 aliphatic rings. The zero-order valence-corrected chi connectivity index (χ0v) is 14.0. The first-order chi connectivity index (χ1) is 10.5. The lowest BCUT2D eigenvalue weighted by Crippen LogP contribution is -2.41. The van der Waals surface area contributed by atoms with Gasteiger partial charge in [0.05, 0.1) is 0 Å². The Morgan fingerprint density at radius 2 is 1.95 bits per heavy atom. The molecule has 6 heteroatoms. The number of carbonyl (C=O) groups excluding carboxylic acids is 1. The van der Waals surface area contributed by atoms with E-state index in [1.54, 1.807) is 12.3 Å². The van der Waals surface area contributed by atoms with Crippen molar-refractivity contribution in [3.8, 4) is 0 Å². The largest absolute Gasteiger partial charge is 0.352 e. The number of anilines is 2. The lowest BCUT2D eigenvalue weighted by molar-refractivity contribution is -0.121. The molecule has 122 valence electrons. The summed E-state index contributed by atoms with van der Waals surface area (Å²) < 4.78 is 0. The van der Waals surface area contributed by atoms with Crippen LogP contribution in [0.5, 0.6) is 0 Å². The molecule has 1 aromatic heterocycles. The first-order valence-corrected chi connectivity index (χ1v) is 8.10. The number of hydrogen-bond acceptors (Lipinski definition) is 5. The summed E-state index contributed by atoms with van der Waals surface area (Å²) in [5.41, 5.74) is 0. The molecule has 2 heterocycles. The quantitative estimate of drug-likeness (QED) is 0.874. The molecule has 1 fully saturated rings. The first kappa shape index (κ1) is 16.7. The highest BCUT2D eigenvalue weighted by atomic mass is 16.1. The fourth-order valence-electron chi connectivity index (χ4n) is 2.66. The van der Waals surface area contributed by atoms with E-state index in [1.807, 2.05) is 13.8 Å². The number of rotatable bonds is 5. The number of amides is 1. The van der Waals surface area contributed by atoms with Crippen LogP contribution >= 0.6 is 0 Å². The molecule has 0 spiro atoms. The molecular formula is C16H27N5O. The normalized spacial score (nSPS) is 17.0. The molecule has 0 saturated carbocycles. The lowest BCUT2D eigenvalue weighted by Gasteiger charge is -2.33. The van der Waals surface area contributed by atoms with Crippen molar-refractivity contribution < 1.29 is 4.79 Å². The van der Waals surface area contributed by atoms with E-state index in [2.05, 4.69) is 39.3 Å². The van der Waals surface area contributed by atoms with Crippen LogP contribution in [0.25, 0.3) is 0 Å². The third-order valence-electron chi connectivity index (χ3n) is 3.96. The van der Waals surface area contributed by atoms with Crippen molar-refractivity contribution in [1.82, 2.24) is 14.9 Å². The zero-order valence-electron chi connectivity index (χ0n) is 14.0. The van der Waals surface area contributed by atoms with E-state index < -0.39 is 0 Å². The third-order valence-corrected chi connectivity index (χ3v) is 3.96. The molecule has 0 aromatic carbocycles. The van der Waals surface area contributed by atoms with Crippen molar-refractivity contribution in [3.63, 3.8) is 0 Å². The molecule has 1 aromatic rings. The minimum absolute atomic E-state index is 0.0672. The Kier molecular flexibility index (Phi) is 5.71. The van der Waals surface area contributed by atoms with Gasteiger partial charge in [-0.05, 0) is 59.7 Å². The second-order valence-corrected chi connectivity index (χ2v) is 6.46. The fourth-order valence-corrected chi connectivity index (χ4v) is 2.66. The molecule has 0 atom stereocenters.